The molecule has 0 radical (unpaired) electrons. The topological polar surface area (TPSA) is 77.1 Å². The normalized spacial score (nSPS) is 14.1. The number of furan rings is 1. The molecule has 144 valence electrons. The molecule has 1 N–H and O–H groups in total. The molecule has 28 heavy (non-hydrogen) atoms. The standard InChI is InChI=1S/C22H23N3O3/c26-21(23-13-12-16-6-2-1-3-7-16)20-11-10-17(28-20)14-25-15-24-19-9-5-4-8-18(19)22(25)27/h4-6,8-11,15H,1-3,7,12-14H2,(H,23,26). The monoisotopic (exact) mass is 377 g/mol. The molecule has 3 aromatic rings. The van der Waals surface area contributed by atoms with Crippen LogP contribution in [0, 0.1) is 0 Å². The summed E-state index contributed by atoms with van der Waals surface area (Å²) in [5.74, 6) is 0.570. The number of nitrogens with zero attached hydrogens (tertiary/aromatic N) is 2. The van der Waals surface area contributed by atoms with Gasteiger partial charge in [-0.25, -0.2) is 4.98 Å². The molecule has 0 fully saturated rings. The second-order valence-electron chi connectivity index (χ2n) is 7.07. The number of hydrogen-bond acceptors (Lipinski definition) is 4. The van der Waals surface area contributed by atoms with Crippen molar-refractivity contribution in [3.63, 3.8) is 0 Å². The van der Waals surface area contributed by atoms with Gasteiger partial charge in [-0.3, -0.25) is 14.2 Å². The van der Waals surface area contributed by atoms with Gasteiger partial charge in [0.15, 0.2) is 5.76 Å². The first kappa shape index (κ1) is 18.2. The van der Waals surface area contributed by atoms with Gasteiger partial charge in [-0.1, -0.05) is 23.8 Å². The minimum absolute atomic E-state index is 0.131. The fraction of sp³-hybridized carbons (Fsp3) is 0.318. The van der Waals surface area contributed by atoms with E-state index in [0.29, 0.717) is 23.2 Å². The molecular formula is C22H23N3O3. The number of benzene rings is 1. The first-order valence-electron chi connectivity index (χ1n) is 9.70. The van der Waals surface area contributed by atoms with Crippen LogP contribution in [0.25, 0.3) is 10.9 Å². The van der Waals surface area contributed by atoms with Gasteiger partial charge in [-0.2, -0.15) is 0 Å². The maximum atomic E-state index is 12.6. The van der Waals surface area contributed by atoms with Crippen molar-refractivity contribution in [3.8, 4) is 0 Å². The number of nitrogens with one attached hydrogen (secondary N) is 1. The fourth-order valence-corrected chi connectivity index (χ4v) is 3.53. The van der Waals surface area contributed by atoms with Crippen molar-refractivity contribution >= 4 is 16.8 Å². The Bertz CT molecular complexity index is 1080. The Morgan fingerprint density at radius 1 is 1.18 bits per heavy atom. The van der Waals surface area contributed by atoms with Gasteiger partial charge < -0.3 is 9.73 Å². The van der Waals surface area contributed by atoms with Gasteiger partial charge in [0, 0.05) is 6.54 Å². The van der Waals surface area contributed by atoms with Crippen molar-refractivity contribution < 1.29 is 9.21 Å². The van der Waals surface area contributed by atoms with Crippen LogP contribution in [-0.2, 0) is 6.54 Å². The zero-order valence-electron chi connectivity index (χ0n) is 15.7. The molecular weight excluding hydrogens is 354 g/mol. The van der Waals surface area contributed by atoms with Crippen molar-refractivity contribution in [1.29, 1.82) is 0 Å². The summed E-state index contributed by atoms with van der Waals surface area (Å²) in [4.78, 5) is 29.2. The molecule has 1 aliphatic rings. The van der Waals surface area contributed by atoms with E-state index >= 15 is 0 Å². The highest BCUT2D eigenvalue weighted by Crippen LogP contribution is 2.19. The van der Waals surface area contributed by atoms with E-state index in [0.717, 1.165) is 19.3 Å². The minimum atomic E-state index is -0.230. The average molecular weight is 377 g/mol. The van der Waals surface area contributed by atoms with E-state index < -0.39 is 0 Å². The molecule has 6 heteroatoms. The number of rotatable bonds is 6. The highest BCUT2D eigenvalue weighted by atomic mass is 16.4. The van der Waals surface area contributed by atoms with Crippen molar-refractivity contribution in [1.82, 2.24) is 14.9 Å². The van der Waals surface area contributed by atoms with Gasteiger partial charge in [0.1, 0.15) is 5.76 Å². The average Bonchev–Trinajstić information content (AvgIpc) is 3.20. The summed E-state index contributed by atoms with van der Waals surface area (Å²) in [5.41, 5.74) is 1.96. The third kappa shape index (κ3) is 4.06. The van der Waals surface area contributed by atoms with Crippen molar-refractivity contribution in [3.05, 3.63) is 76.2 Å². The number of carbonyl (C=O) groups is 1. The summed E-state index contributed by atoms with van der Waals surface area (Å²) in [7, 11) is 0. The zero-order valence-corrected chi connectivity index (χ0v) is 15.7. The third-order valence-electron chi connectivity index (χ3n) is 5.06. The predicted molar refractivity (Wildman–Crippen MR) is 107 cm³/mol. The molecule has 0 atom stereocenters. The predicted octanol–water partition coefficient (Wildman–Crippen LogP) is 3.66. The van der Waals surface area contributed by atoms with Gasteiger partial charge in [0.05, 0.1) is 23.8 Å². The Morgan fingerprint density at radius 2 is 2.07 bits per heavy atom. The van der Waals surface area contributed by atoms with Crippen LogP contribution in [0.1, 0.15) is 48.4 Å². The van der Waals surface area contributed by atoms with E-state index in [4.69, 9.17) is 4.42 Å². The number of fused-ring (bicyclic) bond motifs is 1. The molecule has 1 aliphatic carbocycles. The number of amides is 1. The van der Waals surface area contributed by atoms with Crippen molar-refractivity contribution in [2.45, 2.75) is 38.6 Å². The summed E-state index contributed by atoms with van der Waals surface area (Å²) in [6.45, 7) is 0.839. The van der Waals surface area contributed by atoms with Gasteiger partial charge in [-0.15, -0.1) is 0 Å². The number of carbonyl (C=O) groups excluding carboxylic acids is 1. The number of allylic oxidation sites excluding steroid dienone is 1. The van der Waals surface area contributed by atoms with E-state index in [-0.39, 0.29) is 23.8 Å². The molecule has 0 unspecified atom stereocenters. The first-order valence-corrected chi connectivity index (χ1v) is 9.70. The Morgan fingerprint density at radius 3 is 2.93 bits per heavy atom. The van der Waals surface area contributed by atoms with E-state index in [1.165, 1.54) is 29.3 Å². The lowest BCUT2D eigenvalue weighted by Crippen LogP contribution is -2.24. The SMILES string of the molecule is O=C(NCCC1=CCCCC1)c1ccc(Cn2cnc3ccccc3c2=O)o1. The fourth-order valence-electron chi connectivity index (χ4n) is 3.53. The molecule has 0 spiro atoms. The van der Waals surface area contributed by atoms with Crippen LogP contribution in [0.4, 0.5) is 0 Å². The number of aromatic nitrogens is 2. The zero-order chi connectivity index (χ0) is 19.3. The van der Waals surface area contributed by atoms with Crippen LogP contribution in [0.3, 0.4) is 0 Å². The molecule has 4 rings (SSSR count). The molecule has 6 nitrogen and oxygen atoms in total. The Kier molecular flexibility index (Phi) is 5.37. The largest absolute Gasteiger partial charge is 0.454 e. The number of para-hydroxylation sites is 1. The summed E-state index contributed by atoms with van der Waals surface area (Å²) in [5, 5.41) is 3.47. The molecule has 0 bridgehead atoms. The third-order valence-corrected chi connectivity index (χ3v) is 5.06. The second-order valence-corrected chi connectivity index (χ2v) is 7.07. The number of hydrogen-bond donors (Lipinski definition) is 1. The van der Waals surface area contributed by atoms with Crippen LogP contribution in [0.2, 0.25) is 0 Å². The van der Waals surface area contributed by atoms with Crippen molar-refractivity contribution in [2.24, 2.45) is 0 Å². The minimum Gasteiger partial charge on any atom is -0.454 e. The summed E-state index contributed by atoms with van der Waals surface area (Å²) >= 11 is 0. The van der Waals surface area contributed by atoms with Crippen LogP contribution >= 0.6 is 0 Å². The molecule has 2 heterocycles. The smallest absolute Gasteiger partial charge is 0.287 e. The Balaban J connectivity index is 1.39. The first-order chi connectivity index (χ1) is 13.7. The second kappa shape index (κ2) is 8.25. The molecule has 0 saturated heterocycles. The maximum absolute atomic E-state index is 12.6. The van der Waals surface area contributed by atoms with Gasteiger partial charge >= 0.3 is 0 Å². The van der Waals surface area contributed by atoms with Crippen LogP contribution in [-0.4, -0.2) is 22.0 Å². The highest BCUT2D eigenvalue weighted by Gasteiger charge is 2.13. The molecule has 1 amide bonds. The Hall–Kier alpha value is -3.15. The highest BCUT2D eigenvalue weighted by molar-refractivity contribution is 5.91. The maximum Gasteiger partial charge on any atom is 0.287 e. The van der Waals surface area contributed by atoms with E-state index in [1.807, 2.05) is 12.1 Å². The molecule has 0 saturated carbocycles. The van der Waals surface area contributed by atoms with Gasteiger partial charge in [0.2, 0.25) is 0 Å². The molecule has 0 aliphatic heterocycles. The summed E-state index contributed by atoms with van der Waals surface area (Å²) in [6, 6.07) is 10.6. The Labute approximate surface area is 162 Å². The summed E-state index contributed by atoms with van der Waals surface area (Å²) in [6.07, 6.45) is 9.46. The van der Waals surface area contributed by atoms with Crippen LogP contribution < -0.4 is 10.9 Å². The van der Waals surface area contributed by atoms with E-state index in [9.17, 15) is 9.59 Å². The lowest BCUT2D eigenvalue weighted by molar-refractivity contribution is 0.0924. The quantitative estimate of drug-likeness (QED) is 0.665. The molecule has 2 aromatic heterocycles. The van der Waals surface area contributed by atoms with Crippen LogP contribution in [0.15, 0.2) is 63.6 Å². The van der Waals surface area contributed by atoms with Gasteiger partial charge in [0.25, 0.3) is 11.5 Å². The van der Waals surface area contributed by atoms with Crippen LogP contribution in [0.5, 0.6) is 0 Å². The van der Waals surface area contributed by atoms with E-state index in [2.05, 4.69) is 16.4 Å². The van der Waals surface area contributed by atoms with Gasteiger partial charge in [-0.05, 0) is 56.4 Å². The molecule has 1 aromatic carbocycles. The lowest BCUT2D eigenvalue weighted by atomic mass is 9.97. The summed E-state index contributed by atoms with van der Waals surface area (Å²) < 4.78 is 7.13. The van der Waals surface area contributed by atoms with E-state index in [1.54, 1.807) is 24.3 Å². The lowest BCUT2D eigenvalue weighted by Gasteiger charge is -2.12. The van der Waals surface area contributed by atoms with Crippen molar-refractivity contribution in [2.75, 3.05) is 6.54 Å².